The van der Waals surface area contributed by atoms with E-state index in [-0.39, 0.29) is 0 Å². The van der Waals surface area contributed by atoms with Gasteiger partial charge >= 0.3 is 0 Å². The van der Waals surface area contributed by atoms with Crippen LogP contribution in [0.25, 0.3) is 27.6 Å². The topological polar surface area (TPSA) is 68.2 Å². The van der Waals surface area contributed by atoms with Crippen molar-refractivity contribution in [1.29, 1.82) is 0 Å². The van der Waals surface area contributed by atoms with E-state index in [1.54, 1.807) is 24.2 Å². The third-order valence-electron chi connectivity index (χ3n) is 5.57. The second-order valence-electron chi connectivity index (χ2n) is 7.43. The molecule has 1 aromatic carbocycles. The first kappa shape index (κ1) is 18.0. The number of likely N-dealkylation sites (tertiary alicyclic amines) is 1. The van der Waals surface area contributed by atoms with E-state index >= 15 is 0 Å². The van der Waals surface area contributed by atoms with Crippen molar-refractivity contribution in [2.24, 2.45) is 0 Å². The fourth-order valence-corrected chi connectivity index (χ4v) is 4.15. The van der Waals surface area contributed by atoms with Crippen molar-refractivity contribution in [3.63, 3.8) is 0 Å². The zero-order chi connectivity index (χ0) is 19.6. The molecule has 0 spiro atoms. The van der Waals surface area contributed by atoms with Crippen molar-refractivity contribution in [1.82, 2.24) is 24.6 Å². The van der Waals surface area contributed by atoms with Gasteiger partial charge in [-0.1, -0.05) is 0 Å². The predicted molar refractivity (Wildman–Crippen MR) is 113 cm³/mol. The van der Waals surface area contributed by atoms with Crippen LogP contribution in [0.15, 0.2) is 42.9 Å². The number of benzene rings is 1. The monoisotopic (exact) mass is 391 g/mol. The molecule has 3 aromatic heterocycles. The lowest BCUT2D eigenvalue weighted by Crippen LogP contribution is -2.21. The Hall–Kier alpha value is -3.06. The Morgan fingerprint density at radius 1 is 1.10 bits per heavy atom. The highest BCUT2D eigenvalue weighted by molar-refractivity contribution is 6.11. The molecule has 0 radical (unpaired) electrons. The molecule has 7 nitrogen and oxygen atoms in total. The number of ether oxygens (including phenoxy) is 2. The van der Waals surface area contributed by atoms with E-state index in [1.165, 1.54) is 25.9 Å². The van der Waals surface area contributed by atoms with Crippen molar-refractivity contribution in [2.75, 3.05) is 33.4 Å². The maximum atomic E-state index is 6.09. The van der Waals surface area contributed by atoms with E-state index in [2.05, 4.69) is 20.0 Å². The molecular weight excluding hydrogens is 366 g/mol. The van der Waals surface area contributed by atoms with E-state index in [1.807, 2.05) is 30.5 Å². The molecule has 4 heterocycles. The average molecular weight is 391 g/mol. The van der Waals surface area contributed by atoms with Gasteiger partial charge in [-0.05, 0) is 50.6 Å². The molecule has 1 saturated heterocycles. The number of rotatable bonds is 7. The summed E-state index contributed by atoms with van der Waals surface area (Å²) in [5.74, 6) is 2.29. The van der Waals surface area contributed by atoms with Gasteiger partial charge < -0.3 is 19.4 Å². The van der Waals surface area contributed by atoms with Gasteiger partial charge in [-0.25, -0.2) is 9.67 Å². The summed E-state index contributed by atoms with van der Waals surface area (Å²) in [4.78, 5) is 10.5. The van der Waals surface area contributed by atoms with Crippen LogP contribution in [0.2, 0.25) is 0 Å². The zero-order valence-corrected chi connectivity index (χ0v) is 16.6. The van der Waals surface area contributed by atoms with Crippen LogP contribution in [0, 0.1) is 0 Å². The van der Waals surface area contributed by atoms with Gasteiger partial charge in [-0.15, -0.1) is 0 Å². The normalized spacial score (nSPS) is 14.8. The van der Waals surface area contributed by atoms with Gasteiger partial charge in [0.25, 0.3) is 0 Å². The molecule has 0 unspecified atom stereocenters. The van der Waals surface area contributed by atoms with Gasteiger partial charge in [-0.3, -0.25) is 0 Å². The van der Waals surface area contributed by atoms with E-state index in [9.17, 15) is 0 Å². The Balaban J connectivity index is 1.45. The Labute approximate surface area is 169 Å². The molecule has 0 aliphatic carbocycles. The summed E-state index contributed by atoms with van der Waals surface area (Å²) >= 11 is 0. The van der Waals surface area contributed by atoms with Crippen LogP contribution in [0.3, 0.4) is 0 Å². The summed E-state index contributed by atoms with van der Waals surface area (Å²) in [5, 5.41) is 6.41. The highest BCUT2D eigenvalue weighted by Gasteiger charge is 2.16. The Morgan fingerprint density at radius 2 is 2.00 bits per heavy atom. The summed E-state index contributed by atoms with van der Waals surface area (Å²) in [6, 6.07) is 7.92. The highest BCUT2D eigenvalue weighted by atomic mass is 16.5. The largest absolute Gasteiger partial charge is 0.493 e. The van der Waals surface area contributed by atoms with E-state index in [0.29, 0.717) is 6.61 Å². The summed E-state index contributed by atoms with van der Waals surface area (Å²) in [6.45, 7) is 4.21. The van der Waals surface area contributed by atoms with Gasteiger partial charge in [-0.2, -0.15) is 5.10 Å². The van der Waals surface area contributed by atoms with Crippen molar-refractivity contribution in [3.8, 4) is 17.3 Å². The smallest absolute Gasteiger partial charge is 0.163 e. The maximum Gasteiger partial charge on any atom is 0.163 e. The lowest BCUT2D eigenvalue weighted by molar-refractivity contribution is 0.254. The van der Waals surface area contributed by atoms with Crippen LogP contribution in [-0.4, -0.2) is 58.0 Å². The van der Waals surface area contributed by atoms with Gasteiger partial charge in [0, 0.05) is 36.6 Å². The van der Waals surface area contributed by atoms with Gasteiger partial charge in [0.2, 0.25) is 0 Å². The van der Waals surface area contributed by atoms with Crippen molar-refractivity contribution in [3.05, 3.63) is 42.9 Å². The molecule has 0 bridgehead atoms. The van der Waals surface area contributed by atoms with E-state index in [4.69, 9.17) is 9.47 Å². The molecule has 1 aliphatic rings. The van der Waals surface area contributed by atoms with Crippen LogP contribution in [0.5, 0.6) is 11.5 Å². The summed E-state index contributed by atoms with van der Waals surface area (Å²) in [7, 11) is 1.68. The molecule has 0 saturated carbocycles. The van der Waals surface area contributed by atoms with Crippen LogP contribution >= 0.6 is 0 Å². The van der Waals surface area contributed by atoms with Gasteiger partial charge in [0.1, 0.15) is 0 Å². The van der Waals surface area contributed by atoms with Crippen LogP contribution in [-0.2, 0) is 0 Å². The number of nitrogens with zero attached hydrogens (tertiary/aromatic N) is 4. The van der Waals surface area contributed by atoms with Crippen LogP contribution in [0.4, 0.5) is 0 Å². The number of aromatic amines is 1. The number of H-pyrrole nitrogens is 1. The van der Waals surface area contributed by atoms with Crippen molar-refractivity contribution >= 4 is 21.8 Å². The number of hydrogen-bond donors (Lipinski definition) is 1. The molecule has 29 heavy (non-hydrogen) atoms. The average Bonchev–Trinajstić information content (AvgIpc) is 3.51. The minimum Gasteiger partial charge on any atom is -0.493 e. The van der Waals surface area contributed by atoms with Crippen molar-refractivity contribution in [2.45, 2.75) is 19.3 Å². The minimum absolute atomic E-state index is 0.679. The Bertz CT molecular complexity index is 1110. The Kier molecular flexibility index (Phi) is 4.81. The van der Waals surface area contributed by atoms with Gasteiger partial charge in [0.05, 0.1) is 30.1 Å². The standard InChI is InChI=1S/C22H25N5O2/c1-28-19-14-16-18(15-20(19)29-13-5-11-26-9-2-3-10-26)25-17-6-8-23-22(21(16)17)27-12-4-7-24-27/h4,6-8,12,14-15,25H,2-3,5,9-11,13H2,1H3. The fourth-order valence-electron chi connectivity index (χ4n) is 4.15. The molecule has 0 amide bonds. The maximum absolute atomic E-state index is 6.09. The number of fused-ring (bicyclic) bond motifs is 3. The molecular formula is C22H25N5O2. The van der Waals surface area contributed by atoms with E-state index < -0.39 is 0 Å². The highest BCUT2D eigenvalue weighted by Crippen LogP contribution is 2.37. The summed E-state index contributed by atoms with van der Waals surface area (Å²) < 4.78 is 13.5. The van der Waals surface area contributed by atoms with Gasteiger partial charge in [0.15, 0.2) is 17.3 Å². The van der Waals surface area contributed by atoms with Crippen molar-refractivity contribution < 1.29 is 9.47 Å². The SMILES string of the molecule is COc1cc2c(cc1OCCCN1CCCC1)[nH]c1ccnc(-n3cccn3)c12. The first-order chi connectivity index (χ1) is 14.3. The second kappa shape index (κ2) is 7.75. The van der Waals surface area contributed by atoms with Crippen LogP contribution < -0.4 is 9.47 Å². The zero-order valence-electron chi connectivity index (χ0n) is 16.6. The number of hydrogen-bond acceptors (Lipinski definition) is 5. The summed E-state index contributed by atoms with van der Waals surface area (Å²) in [6.07, 6.45) is 9.10. The lowest BCUT2D eigenvalue weighted by atomic mass is 10.1. The summed E-state index contributed by atoms with van der Waals surface area (Å²) in [5.41, 5.74) is 2.01. The molecule has 4 aromatic rings. The number of pyridine rings is 1. The molecule has 0 atom stereocenters. The lowest BCUT2D eigenvalue weighted by Gasteiger charge is -2.15. The predicted octanol–water partition coefficient (Wildman–Crippen LogP) is 3.78. The molecule has 5 rings (SSSR count). The number of methoxy groups -OCH3 is 1. The molecule has 7 heteroatoms. The first-order valence-corrected chi connectivity index (χ1v) is 10.2. The van der Waals surface area contributed by atoms with E-state index in [0.717, 1.165) is 52.1 Å². The molecule has 1 N–H and O–H groups in total. The Morgan fingerprint density at radius 3 is 2.79 bits per heavy atom. The second-order valence-corrected chi connectivity index (χ2v) is 7.43. The minimum atomic E-state index is 0.679. The molecule has 1 fully saturated rings. The third-order valence-corrected chi connectivity index (χ3v) is 5.57. The fraction of sp³-hybridized carbons (Fsp3) is 0.364. The quantitative estimate of drug-likeness (QED) is 0.486. The van der Waals surface area contributed by atoms with Crippen LogP contribution in [0.1, 0.15) is 19.3 Å². The third kappa shape index (κ3) is 3.42. The molecule has 150 valence electrons. The number of nitrogens with one attached hydrogen (secondary N) is 1. The first-order valence-electron chi connectivity index (χ1n) is 10.2. The molecule has 1 aliphatic heterocycles. The number of aromatic nitrogens is 4.